The molecule has 98 valence electrons. The molecule has 8 nitrogen and oxygen atoms in total. The molecule has 0 aromatic rings. The third-order valence-corrected chi connectivity index (χ3v) is 1.90. The molecule has 1 saturated heterocycles. The van der Waals surface area contributed by atoms with Gasteiger partial charge in [-0.2, -0.15) is 0 Å². The van der Waals surface area contributed by atoms with Crippen LogP contribution in [0.3, 0.4) is 0 Å². The van der Waals surface area contributed by atoms with Crippen molar-refractivity contribution in [1.29, 1.82) is 0 Å². The van der Waals surface area contributed by atoms with E-state index in [9.17, 15) is 0 Å². The van der Waals surface area contributed by atoms with Gasteiger partial charge in [-0.1, -0.05) is 0 Å². The number of ether oxygens (including phenoxy) is 1. The molecule has 1 unspecified atom stereocenters. The Bertz CT molecular complexity index is 159. The molecule has 0 spiro atoms. The average molecular weight is 242 g/mol. The highest BCUT2D eigenvalue weighted by Crippen LogP contribution is 2.12. The normalized spacial score (nSPS) is 34.5. The van der Waals surface area contributed by atoms with Gasteiger partial charge in [-0.25, -0.2) is 0 Å². The summed E-state index contributed by atoms with van der Waals surface area (Å²) >= 11 is 0. The average Bonchev–Trinajstić information content (AvgIpc) is 2.31. The second kappa shape index (κ2) is 7.87. The maximum absolute atomic E-state index is 8.88. The fourth-order valence-electron chi connectivity index (χ4n) is 0.848. The van der Waals surface area contributed by atoms with E-state index >= 15 is 0 Å². The van der Waals surface area contributed by atoms with Crippen LogP contribution < -0.4 is 0 Å². The van der Waals surface area contributed by atoms with Gasteiger partial charge in [0.25, 0.3) is 0 Å². The van der Waals surface area contributed by atoms with Crippen LogP contribution in [-0.2, 0) is 4.74 Å². The Morgan fingerprint density at radius 3 is 1.81 bits per heavy atom. The molecule has 1 heterocycles. The van der Waals surface area contributed by atoms with Crippen molar-refractivity contribution in [2.24, 2.45) is 0 Å². The molecule has 4 atom stereocenters. The second-order valence-electron chi connectivity index (χ2n) is 3.29. The third kappa shape index (κ3) is 5.14. The highest BCUT2D eigenvalue weighted by atomic mass is 16.6. The molecule has 1 fully saturated rings. The van der Waals surface area contributed by atoms with E-state index in [0.717, 1.165) is 0 Å². The highest BCUT2D eigenvalue weighted by molar-refractivity contribution is 4.81. The summed E-state index contributed by atoms with van der Waals surface area (Å²) in [6.45, 7) is -0.883. The lowest BCUT2D eigenvalue weighted by Gasteiger charge is -2.31. The lowest BCUT2D eigenvalue weighted by atomic mass is 10.1. The van der Waals surface area contributed by atoms with Crippen LogP contribution in [0.2, 0.25) is 0 Å². The van der Waals surface area contributed by atoms with E-state index in [4.69, 9.17) is 35.7 Å². The van der Waals surface area contributed by atoms with Crippen molar-refractivity contribution < 1.29 is 40.5 Å². The summed E-state index contributed by atoms with van der Waals surface area (Å²) in [6, 6.07) is 0. The smallest absolute Gasteiger partial charge is 0.183 e. The van der Waals surface area contributed by atoms with Gasteiger partial charge < -0.3 is 40.5 Å². The molecule has 16 heavy (non-hydrogen) atoms. The summed E-state index contributed by atoms with van der Waals surface area (Å²) in [5.41, 5.74) is 0. The Labute approximate surface area is 92.0 Å². The van der Waals surface area contributed by atoms with Gasteiger partial charge in [0, 0.05) is 0 Å². The van der Waals surface area contributed by atoms with Crippen molar-refractivity contribution in [2.45, 2.75) is 30.7 Å². The number of hydrogen-bond donors (Lipinski definition) is 7. The zero-order chi connectivity index (χ0) is 12.7. The van der Waals surface area contributed by atoms with Crippen LogP contribution >= 0.6 is 0 Å². The first-order valence-electron chi connectivity index (χ1n) is 4.67. The van der Waals surface area contributed by atoms with Crippen LogP contribution in [0, 0.1) is 0 Å². The molecule has 7 N–H and O–H groups in total. The van der Waals surface area contributed by atoms with Crippen molar-refractivity contribution in [2.75, 3.05) is 19.8 Å². The first-order chi connectivity index (χ1) is 7.43. The summed E-state index contributed by atoms with van der Waals surface area (Å²) in [6.07, 6.45) is -6.19. The van der Waals surface area contributed by atoms with E-state index in [1.54, 1.807) is 0 Å². The molecule has 0 bridgehead atoms. The Kier molecular flexibility index (Phi) is 7.72. The second-order valence-corrected chi connectivity index (χ2v) is 3.29. The van der Waals surface area contributed by atoms with Gasteiger partial charge in [-0.05, 0) is 0 Å². The Balaban J connectivity index is 0.000000325. The van der Waals surface area contributed by atoms with Crippen LogP contribution in [0.25, 0.3) is 0 Å². The molecule has 1 aliphatic heterocycles. The van der Waals surface area contributed by atoms with Gasteiger partial charge in [0.1, 0.15) is 24.4 Å². The van der Waals surface area contributed by atoms with Gasteiger partial charge in [0.2, 0.25) is 0 Å². The molecular weight excluding hydrogens is 224 g/mol. The minimum absolute atomic E-state index is 0.153. The molecule has 0 amide bonds. The largest absolute Gasteiger partial charge is 0.394 e. The first-order valence-corrected chi connectivity index (χ1v) is 4.67. The topological polar surface area (TPSA) is 151 Å². The van der Waals surface area contributed by atoms with E-state index in [-0.39, 0.29) is 19.8 Å². The molecule has 0 aromatic heterocycles. The van der Waals surface area contributed by atoms with Gasteiger partial charge in [-0.15, -0.1) is 0 Å². The molecule has 0 aromatic carbocycles. The predicted octanol–water partition coefficient (Wildman–Crippen LogP) is -4.25. The van der Waals surface area contributed by atoms with E-state index in [1.807, 2.05) is 0 Å². The van der Waals surface area contributed by atoms with Crippen molar-refractivity contribution in [3.8, 4) is 0 Å². The zero-order valence-corrected chi connectivity index (χ0v) is 8.55. The van der Waals surface area contributed by atoms with Gasteiger partial charge >= 0.3 is 0 Å². The molecule has 8 heteroatoms. The molecule has 0 saturated carbocycles. The maximum Gasteiger partial charge on any atom is 0.183 e. The number of hydrogen-bond acceptors (Lipinski definition) is 8. The minimum atomic E-state index is -1.41. The van der Waals surface area contributed by atoms with Crippen molar-refractivity contribution in [3.63, 3.8) is 0 Å². The monoisotopic (exact) mass is 242 g/mol. The first kappa shape index (κ1) is 15.7. The van der Waals surface area contributed by atoms with Crippen LogP contribution in [0.4, 0.5) is 0 Å². The van der Waals surface area contributed by atoms with Crippen molar-refractivity contribution in [3.05, 3.63) is 0 Å². The Hall–Kier alpha value is -0.320. The summed E-state index contributed by atoms with van der Waals surface area (Å²) in [7, 11) is 0. The maximum atomic E-state index is 8.88. The van der Waals surface area contributed by atoms with Crippen LogP contribution in [0.5, 0.6) is 0 Å². The third-order valence-electron chi connectivity index (χ3n) is 1.90. The van der Waals surface area contributed by atoms with Crippen LogP contribution in [-0.4, -0.2) is 86.3 Å². The van der Waals surface area contributed by atoms with E-state index in [0.29, 0.717) is 0 Å². The van der Waals surface area contributed by atoms with Crippen LogP contribution in [0.1, 0.15) is 0 Å². The fourth-order valence-corrected chi connectivity index (χ4v) is 0.848. The number of aliphatic hydroxyl groups excluding tert-OH is 7. The molecular formula is C8H18O8. The van der Waals surface area contributed by atoms with Gasteiger partial charge in [0.05, 0.1) is 19.8 Å². The lowest BCUT2D eigenvalue weighted by Crippen LogP contribution is -2.52. The van der Waals surface area contributed by atoms with E-state index < -0.39 is 30.7 Å². The van der Waals surface area contributed by atoms with Crippen LogP contribution in [0.15, 0.2) is 0 Å². The molecule has 1 aliphatic rings. The number of rotatable bonds is 2. The number of aliphatic hydroxyl groups is 7. The Morgan fingerprint density at radius 2 is 1.50 bits per heavy atom. The summed E-state index contributed by atoms with van der Waals surface area (Å²) < 4.78 is 4.47. The molecule has 0 radical (unpaired) electrons. The van der Waals surface area contributed by atoms with Gasteiger partial charge in [0.15, 0.2) is 6.29 Å². The zero-order valence-electron chi connectivity index (χ0n) is 8.55. The minimum Gasteiger partial charge on any atom is -0.394 e. The predicted molar refractivity (Wildman–Crippen MR) is 50.2 cm³/mol. The van der Waals surface area contributed by atoms with E-state index in [1.165, 1.54) is 0 Å². The standard InChI is InChI=1S/C5H10O5.C3H8O3/c6-2-1-10-5(9)4(8)3(2)7;4-1-3(6)2-5/h2-9H,1H2;3-6H,1-2H2/t2-,3+,4-,5?;/m1./s1. The SMILES string of the molecule is OC1OC[C@@H](O)[C@H](O)[C@H]1O.OCC(O)CO. The lowest BCUT2D eigenvalue weighted by molar-refractivity contribution is -0.252. The quantitative estimate of drug-likeness (QED) is 0.257. The van der Waals surface area contributed by atoms with Crippen molar-refractivity contribution in [1.82, 2.24) is 0 Å². The highest BCUT2D eigenvalue weighted by Gasteiger charge is 2.36. The summed E-state index contributed by atoms with van der Waals surface area (Å²) in [5.74, 6) is 0. The summed E-state index contributed by atoms with van der Waals surface area (Å²) in [5, 5.41) is 59.3. The summed E-state index contributed by atoms with van der Waals surface area (Å²) in [4.78, 5) is 0. The molecule has 0 aliphatic carbocycles. The van der Waals surface area contributed by atoms with Gasteiger partial charge in [-0.3, -0.25) is 0 Å². The molecule has 1 rings (SSSR count). The van der Waals surface area contributed by atoms with Crippen molar-refractivity contribution >= 4 is 0 Å². The Morgan fingerprint density at radius 1 is 1.00 bits per heavy atom. The fraction of sp³-hybridized carbons (Fsp3) is 1.00. The van der Waals surface area contributed by atoms with E-state index in [2.05, 4.69) is 4.74 Å².